The Morgan fingerprint density at radius 2 is 2.16 bits per heavy atom. The van der Waals surface area contributed by atoms with E-state index in [4.69, 9.17) is 9.15 Å². The van der Waals surface area contributed by atoms with E-state index in [9.17, 15) is 4.79 Å². The highest BCUT2D eigenvalue weighted by molar-refractivity contribution is 7.99. The first-order chi connectivity index (χ1) is 12.2. The average Bonchev–Trinajstić information content (AvgIpc) is 3.01. The van der Waals surface area contributed by atoms with E-state index in [2.05, 4.69) is 16.7 Å². The summed E-state index contributed by atoms with van der Waals surface area (Å²) in [4.78, 5) is 16.5. The zero-order valence-corrected chi connectivity index (χ0v) is 14.5. The molecule has 0 fully saturated rings. The fourth-order valence-corrected chi connectivity index (χ4v) is 3.04. The first-order valence-electron chi connectivity index (χ1n) is 7.62. The van der Waals surface area contributed by atoms with Gasteiger partial charge in [-0.05, 0) is 18.2 Å². The van der Waals surface area contributed by atoms with Crippen molar-refractivity contribution in [2.45, 2.75) is 11.6 Å². The molecule has 0 unspecified atom stereocenters. The molecule has 0 saturated heterocycles. The lowest BCUT2D eigenvalue weighted by Crippen LogP contribution is -2.16. The number of nitrogens with zero attached hydrogens (tertiary/aromatic N) is 3. The van der Waals surface area contributed by atoms with E-state index in [1.807, 2.05) is 30.3 Å². The maximum atomic E-state index is 12.2. The molecule has 0 bridgehead atoms. The third kappa shape index (κ3) is 3.83. The van der Waals surface area contributed by atoms with Gasteiger partial charge in [0.05, 0.1) is 19.2 Å². The number of para-hydroxylation sites is 1. The average molecular weight is 355 g/mol. The van der Waals surface area contributed by atoms with Crippen LogP contribution in [0.4, 0.5) is 0 Å². The van der Waals surface area contributed by atoms with Crippen LogP contribution in [0, 0.1) is 0 Å². The molecule has 0 radical (unpaired) electrons. The molecular formula is C18H17N3O3S. The highest BCUT2D eigenvalue weighted by Crippen LogP contribution is 2.28. The molecule has 0 amide bonds. The second-order valence-electron chi connectivity index (χ2n) is 5.10. The summed E-state index contributed by atoms with van der Waals surface area (Å²) in [7, 11) is 1.59. The molecule has 0 saturated carbocycles. The minimum Gasteiger partial charge on any atom is -0.496 e. The van der Waals surface area contributed by atoms with Crippen molar-refractivity contribution in [3.8, 4) is 17.2 Å². The topological polar surface area (TPSA) is 70.2 Å². The first-order valence-corrected chi connectivity index (χ1v) is 8.60. The van der Waals surface area contributed by atoms with Gasteiger partial charge >= 0.3 is 5.76 Å². The van der Waals surface area contributed by atoms with Crippen molar-refractivity contribution in [2.24, 2.45) is 0 Å². The number of benzene rings is 1. The number of aromatic nitrogens is 3. The first kappa shape index (κ1) is 17.0. The molecule has 0 N–H and O–H groups in total. The second kappa shape index (κ2) is 7.85. The Morgan fingerprint density at radius 1 is 1.32 bits per heavy atom. The zero-order chi connectivity index (χ0) is 17.6. The van der Waals surface area contributed by atoms with Crippen LogP contribution in [0.1, 0.15) is 5.56 Å². The van der Waals surface area contributed by atoms with E-state index in [0.29, 0.717) is 17.1 Å². The van der Waals surface area contributed by atoms with Crippen LogP contribution in [0.3, 0.4) is 0 Å². The lowest BCUT2D eigenvalue weighted by Gasteiger charge is -2.06. The van der Waals surface area contributed by atoms with Crippen molar-refractivity contribution in [1.82, 2.24) is 14.8 Å². The maximum absolute atomic E-state index is 12.2. The molecule has 0 aliphatic carbocycles. The Morgan fingerprint density at radius 3 is 2.96 bits per heavy atom. The van der Waals surface area contributed by atoms with Crippen LogP contribution in [0.2, 0.25) is 0 Å². The van der Waals surface area contributed by atoms with Crippen molar-refractivity contribution >= 4 is 11.8 Å². The Bertz CT molecular complexity index is 933. The van der Waals surface area contributed by atoms with Crippen molar-refractivity contribution < 1.29 is 9.15 Å². The van der Waals surface area contributed by atoms with Crippen molar-refractivity contribution in [3.63, 3.8) is 0 Å². The van der Waals surface area contributed by atoms with Gasteiger partial charge in [-0.3, -0.25) is 0 Å². The zero-order valence-electron chi connectivity index (χ0n) is 13.7. The molecule has 0 aliphatic rings. The minimum absolute atomic E-state index is 0.250. The largest absolute Gasteiger partial charge is 0.496 e. The number of hydrogen-bond donors (Lipinski definition) is 0. The Kier molecular flexibility index (Phi) is 5.35. The van der Waals surface area contributed by atoms with Crippen LogP contribution in [0.5, 0.6) is 5.75 Å². The SMILES string of the molecule is C=CCSc1ncccc1-c1nn(Cc2ccccc2OC)c(=O)o1. The second-order valence-corrected chi connectivity index (χ2v) is 6.11. The smallest absolute Gasteiger partial charge is 0.437 e. The molecule has 0 aliphatic heterocycles. The summed E-state index contributed by atoms with van der Waals surface area (Å²) in [6, 6.07) is 11.1. The summed E-state index contributed by atoms with van der Waals surface area (Å²) in [5.74, 6) is 1.13. The van der Waals surface area contributed by atoms with Gasteiger partial charge in [-0.15, -0.1) is 23.4 Å². The fourth-order valence-electron chi connectivity index (χ4n) is 2.32. The van der Waals surface area contributed by atoms with Gasteiger partial charge in [-0.25, -0.2) is 9.78 Å². The monoisotopic (exact) mass is 355 g/mol. The summed E-state index contributed by atoms with van der Waals surface area (Å²) in [5.41, 5.74) is 1.53. The summed E-state index contributed by atoms with van der Waals surface area (Å²) in [6.07, 6.45) is 3.48. The molecule has 1 aromatic carbocycles. The predicted octanol–water partition coefficient (Wildman–Crippen LogP) is 3.23. The molecule has 6 nitrogen and oxygen atoms in total. The van der Waals surface area contributed by atoms with Gasteiger partial charge in [0, 0.05) is 17.5 Å². The van der Waals surface area contributed by atoms with Crippen molar-refractivity contribution in [3.05, 3.63) is 71.4 Å². The van der Waals surface area contributed by atoms with E-state index < -0.39 is 5.76 Å². The Labute approximate surface area is 149 Å². The molecule has 2 aromatic heterocycles. The normalized spacial score (nSPS) is 10.6. The quantitative estimate of drug-likeness (QED) is 0.479. The lowest BCUT2D eigenvalue weighted by molar-refractivity contribution is 0.405. The van der Waals surface area contributed by atoms with E-state index in [1.165, 1.54) is 16.4 Å². The highest BCUT2D eigenvalue weighted by Gasteiger charge is 2.16. The Balaban J connectivity index is 1.93. The summed E-state index contributed by atoms with van der Waals surface area (Å²) in [6.45, 7) is 3.97. The van der Waals surface area contributed by atoms with Crippen LogP contribution in [0.25, 0.3) is 11.5 Å². The Hall–Kier alpha value is -2.80. The number of methoxy groups -OCH3 is 1. The van der Waals surface area contributed by atoms with Gasteiger partial charge in [0.15, 0.2) is 0 Å². The molecule has 7 heteroatoms. The van der Waals surface area contributed by atoms with Crippen LogP contribution in [0.15, 0.2) is 69.5 Å². The highest BCUT2D eigenvalue weighted by atomic mass is 32.2. The van der Waals surface area contributed by atoms with E-state index in [0.717, 1.165) is 10.6 Å². The van der Waals surface area contributed by atoms with Gasteiger partial charge in [0.25, 0.3) is 5.89 Å². The van der Waals surface area contributed by atoms with Crippen LogP contribution in [-0.2, 0) is 6.54 Å². The van der Waals surface area contributed by atoms with Gasteiger partial charge in [0.1, 0.15) is 10.8 Å². The lowest BCUT2D eigenvalue weighted by atomic mass is 10.2. The van der Waals surface area contributed by atoms with Crippen molar-refractivity contribution in [1.29, 1.82) is 0 Å². The molecule has 2 heterocycles. The summed E-state index contributed by atoms with van der Waals surface area (Å²) in [5, 5.41) is 5.07. The molecule has 0 atom stereocenters. The third-order valence-corrected chi connectivity index (χ3v) is 4.46. The molecule has 3 aromatic rings. The van der Waals surface area contributed by atoms with E-state index >= 15 is 0 Å². The van der Waals surface area contributed by atoms with Gasteiger partial charge < -0.3 is 9.15 Å². The van der Waals surface area contributed by atoms with Gasteiger partial charge in [0.2, 0.25) is 0 Å². The van der Waals surface area contributed by atoms with Gasteiger partial charge in [-0.1, -0.05) is 24.3 Å². The summed E-state index contributed by atoms with van der Waals surface area (Å²) < 4.78 is 11.9. The minimum atomic E-state index is -0.524. The third-order valence-electron chi connectivity index (χ3n) is 3.46. The molecule has 0 spiro atoms. The van der Waals surface area contributed by atoms with Crippen LogP contribution in [-0.4, -0.2) is 27.6 Å². The number of thioether (sulfide) groups is 1. The predicted molar refractivity (Wildman–Crippen MR) is 97.0 cm³/mol. The number of hydrogen-bond acceptors (Lipinski definition) is 6. The van der Waals surface area contributed by atoms with Crippen LogP contribution >= 0.6 is 11.8 Å². The number of ether oxygens (including phenoxy) is 1. The molecule has 25 heavy (non-hydrogen) atoms. The van der Waals surface area contributed by atoms with Crippen molar-refractivity contribution in [2.75, 3.05) is 12.9 Å². The molecule has 128 valence electrons. The van der Waals surface area contributed by atoms with Gasteiger partial charge in [-0.2, -0.15) is 4.68 Å². The number of pyridine rings is 1. The standard InChI is InChI=1S/C18H17N3O3S/c1-3-11-25-17-14(8-6-10-19-17)16-20-21(18(22)24-16)12-13-7-4-5-9-15(13)23-2/h3-10H,1,11-12H2,2H3. The molecule has 3 rings (SSSR count). The van der Waals surface area contributed by atoms with E-state index in [-0.39, 0.29) is 12.4 Å². The van der Waals surface area contributed by atoms with Crippen LogP contribution < -0.4 is 10.5 Å². The maximum Gasteiger partial charge on any atom is 0.437 e. The summed E-state index contributed by atoms with van der Waals surface area (Å²) >= 11 is 1.51. The van der Waals surface area contributed by atoms with E-state index in [1.54, 1.807) is 25.4 Å². The fraction of sp³-hybridized carbons (Fsp3) is 0.167. The molecular weight excluding hydrogens is 338 g/mol. The number of rotatable bonds is 7.